The summed E-state index contributed by atoms with van der Waals surface area (Å²) in [6.45, 7) is 2.11. The lowest BCUT2D eigenvalue weighted by atomic mass is 10.0. The normalized spacial score (nSPS) is 22.5. The van der Waals surface area contributed by atoms with Crippen LogP contribution in [-0.4, -0.2) is 11.2 Å². The van der Waals surface area contributed by atoms with E-state index in [1.165, 1.54) is 9.75 Å². The Morgan fingerprint density at radius 1 is 1.32 bits per heavy atom. The predicted octanol–water partition coefficient (Wildman–Crippen LogP) is 4.17. The number of benzene rings is 1. The summed E-state index contributed by atoms with van der Waals surface area (Å²) in [6.07, 6.45) is 1.05. The van der Waals surface area contributed by atoms with E-state index in [-0.39, 0.29) is 12.1 Å². The van der Waals surface area contributed by atoms with Gasteiger partial charge in [0.2, 0.25) is 0 Å². The molecule has 0 saturated heterocycles. The maximum atomic E-state index is 10.2. The van der Waals surface area contributed by atoms with Crippen molar-refractivity contribution in [2.75, 3.05) is 5.32 Å². The number of anilines is 1. The number of aryl methyl sites for hydroxylation is 1. The van der Waals surface area contributed by atoms with Crippen molar-refractivity contribution < 1.29 is 5.11 Å². The molecule has 0 amide bonds. The molecule has 3 rings (SSSR count). The summed E-state index contributed by atoms with van der Waals surface area (Å²) in [6, 6.07) is 10.3. The van der Waals surface area contributed by atoms with Gasteiger partial charge in [-0.2, -0.15) is 0 Å². The Morgan fingerprint density at radius 3 is 2.89 bits per heavy atom. The first kappa shape index (κ1) is 13.0. The van der Waals surface area contributed by atoms with Gasteiger partial charge in [0.1, 0.15) is 0 Å². The fourth-order valence-electron chi connectivity index (χ4n) is 2.56. The smallest absolute Gasteiger partial charge is 0.0631 e. The summed E-state index contributed by atoms with van der Waals surface area (Å²) in [7, 11) is 0. The van der Waals surface area contributed by atoms with Crippen LogP contribution in [-0.2, 0) is 6.42 Å². The summed E-state index contributed by atoms with van der Waals surface area (Å²) in [5.74, 6) is 0. The molecule has 0 aliphatic carbocycles. The number of hydrogen-bond acceptors (Lipinski definition) is 3. The molecule has 19 heavy (non-hydrogen) atoms. The van der Waals surface area contributed by atoms with Crippen molar-refractivity contribution in [3.8, 4) is 0 Å². The second-order valence-corrected chi connectivity index (χ2v) is 6.80. The molecule has 1 aromatic carbocycles. The van der Waals surface area contributed by atoms with Crippen molar-refractivity contribution in [1.29, 1.82) is 0 Å². The molecule has 0 fully saturated rings. The van der Waals surface area contributed by atoms with Gasteiger partial charge in [0.25, 0.3) is 0 Å². The fourth-order valence-corrected chi connectivity index (χ4v) is 3.69. The molecule has 1 aliphatic heterocycles. The largest absolute Gasteiger partial charge is 0.393 e. The number of rotatable bonds is 1. The number of nitrogens with one attached hydrogen (secondary N) is 1. The van der Waals surface area contributed by atoms with Gasteiger partial charge in [-0.25, -0.2) is 0 Å². The van der Waals surface area contributed by atoms with E-state index in [0.717, 1.165) is 22.7 Å². The van der Waals surface area contributed by atoms with E-state index >= 15 is 0 Å². The van der Waals surface area contributed by atoms with Crippen LogP contribution < -0.4 is 5.32 Å². The maximum Gasteiger partial charge on any atom is 0.0631 e. The molecule has 1 aromatic heterocycles. The van der Waals surface area contributed by atoms with Gasteiger partial charge in [-0.1, -0.05) is 11.6 Å². The third kappa shape index (κ3) is 2.78. The van der Waals surface area contributed by atoms with Crippen LogP contribution in [0.4, 0.5) is 5.69 Å². The highest BCUT2D eigenvalue weighted by Crippen LogP contribution is 2.35. The Morgan fingerprint density at radius 2 is 2.16 bits per heavy atom. The molecule has 100 valence electrons. The van der Waals surface area contributed by atoms with E-state index in [0.29, 0.717) is 6.42 Å². The van der Waals surface area contributed by atoms with Gasteiger partial charge < -0.3 is 10.4 Å². The number of hydrogen-bond donors (Lipinski definition) is 2. The van der Waals surface area contributed by atoms with Crippen molar-refractivity contribution in [3.05, 3.63) is 50.7 Å². The summed E-state index contributed by atoms with van der Waals surface area (Å²) < 4.78 is 0. The lowest BCUT2D eigenvalue weighted by Gasteiger charge is -2.17. The average molecular weight is 294 g/mol. The van der Waals surface area contributed by atoms with Crippen molar-refractivity contribution >= 4 is 28.6 Å². The topological polar surface area (TPSA) is 32.3 Å². The quantitative estimate of drug-likeness (QED) is 0.827. The number of aliphatic hydroxyl groups excluding tert-OH is 1. The van der Waals surface area contributed by atoms with Crippen LogP contribution in [0.25, 0.3) is 0 Å². The predicted molar refractivity (Wildman–Crippen MR) is 81.2 cm³/mol. The molecule has 0 saturated carbocycles. The minimum atomic E-state index is -0.334. The first-order valence-corrected chi connectivity index (χ1v) is 7.60. The molecule has 2 heterocycles. The first-order chi connectivity index (χ1) is 9.11. The highest BCUT2D eigenvalue weighted by Gasteiger charge is 2.23. The Bertz CT molecular complexity index is 596. The molecule has 4 heteroatoms. The minimum absolute atomic E-state index is 0.177. The van der Waals surface area contributed by atoms with Crippen LogP contribution in [0.15, 0.2) is 30.3 Å². The van der Waals surface area contributed by atoms with Crippen molar-refractivity contribution in [2.24, 2.45) is 0 Å². The van der Waals surface area contributed by atoms with E-state index in [9.17, 15) is 5.11 Å². The van der Waals surface area contributed by atoms with E-state index in [1.54, 1.807) is 11.3 Å². The van der Waals surface area contributed by atoms with Gasteiger partial charge in [-0.05, 0) is 49.2 Å². The molecule has 0 unspecified atom stereocenters. The number of thiophene rings is 1. The first-order valence-electron chi connectivity index (χ1n) is 6.41. The molecule has 2 nitrogen and oxygen atoms in total. The molecule has 1 aliphatic rings. The van der Waals surface area contributed by atoms with Crippen LogP contribution in [0.1, 0.15) is 27.8 Å². The molecule has 2 aromatic rings. The van der Waals surface area contributed by atoms with Gasteiger partial charge >= 0.3 is 0 Å². The summed E-state index contributed by atoms with van der Waals surface area (Å²) in [5, 5.41) is 14.4. The van der Waals surface area contributed by atoms with E-state index in [2.05, 4.69) is 24.4 Å². The van der Waals surface area contributed by atoms with Gasteiger partial charge in [-0.3, -0.25) is 0 Å². The molecular formula is C15H16ClNOS. The van der Waals surface area contributed by atoms with E-state index in [1.807, 2.05) is 18.2 Å². The summed E-state index contributed by atoms with van der Waals surface area (Å²) >= 11 is 7.81. The van der Waals surface area contributed by atoms with Crippen LogP contribution in [0, 0.1) is 6.92 Å². The van der Waals surface area contributed by atoms with Crippen molar-refractivity contribution in [2.45, 2.75) is 31.9 Å². The Kier molecular flexibility index (Phi) is 3.52. The van der Waals surface area contributed by atoms with Gasteiger partial charge in [0.05, 0.1) is 12.1 Å². The third-order valence-corrected chi connectivity index (χ3v) is 4.81. The van der Waals surface area contributed by atoms with Crippen LogP contribution in [0.5, 0.6) is 0 Å². The SMILES string of the molecule is Cc1ccc([C@@H]2C[C@H](O)Cc3cc(Cl)ccc3N2)s1. The number of fused-ring (bicyclic) bond motifs is 1. The van der Waals surface area contributed by atoms with Gasteiger partial charge in [0, 0.05) is 26.9 Å². The van der Waals surface area contributed by atoms with Crippen molar-refractivity contribution in [1.82, 2.24) is 0 Å². The number of halogens is 1. The third-order valence-electron chi connectivity index (χ3n) is 3.46. The highest BCUT2D eigenvalue weighted by molar-refractivity contribution is 7.12. The maximum absolute atomic E-state index is 10.2. The van der Waals surface area contributed by atoms with Crippen LogP contribution in [0.3, 0.4) is 0 Å². The Hall–Kier alpha value is -1.03. The van der Waals surface area contributed by atoms with E-state index in [4.69, 9.17) is 11.6 Å². The molecule has 0 radical (unpaired) electrons. The van der Waals surface area contributed by atoms with Crippen LogP contribution in [0.2, 0.25) is 5.02 Å². The Labute approximate surface area is 122 Å². The van der Waals surface area contributed by atoms with E-state index < -0.39 is 0 Å². The van der Waals surface area contributed by atoms with Crippen LogP contribution >= 0.6 is 22.9 Å². The number of aliphatic hydroxyl groups is 1. The molecule has 0 spiro atoms. The summed E-state index contributed by atoms with van der Waals surface area (Å²) in [5.41, 5.74) is 2.17. The zero-order chi connectivity index (χ0) is 13.4. The highest BCUT2D eigenvalue weighted by atomic mass is 35.5. The van der Waals surface area contributed by atoms with Crippen molar-refractivity contribution in [3.63, 3.8) is 0 Å². The second kappa shape index (κ2) is 5.16. The van der Waals surface area contributed by atoms with Gasteiger partial charge in [0.15, 0.2) is 0 Å². The average Bonchev–Trinajstić information content (AvgIpc) is 2.70. The van der Waals surface area contributed by atoms with Gasteiger partial charge in [-0.15, -0.1) is 11.3 Å². The molecule has 0 bridgehead atoms. The standard InChI is InChI=1S/C15H16ClNOS/c1-9-2-5-15(19-9)14-8-12(18)7-10-6-11(16)3-4-13(10)17-14/h2-6,12,14,17-18H,7-8H2,1H3/t12-,14+/m1/s1. The zero-order valence-corrected chi connectivity index (χ0v) is 12.3. The lowest BCUT2D eigenvalue weighted by Crippen LogP contribution is -2.15. The minimum Gasteiger partial charge on any atom is -0.393 e. The summed E-state index contributed by atoms with van der Waals surface area (Å²) in [4.78, 5) is 2.58. The molecule has 2 N–H and O–H groups in total. The second-order valence-electron chi connectivity index (χ2n) is 5.04. The monoisotopic (exact) mass is 293 g/mol. The molecular weight excluding hydrogens is 278 g/mol. The lowest BCUT2D eigenvalue weighted by molar-refractivity contribution is 0.161. The molecule has 2 atom stereocenters. The fraction of sp³-hybridized carbons (Fsp3) is 0.333. The zero-order valence-electron chi connectivity index (χ0n) is 10.7. The Balaban J connectivity index is 1.95.